The number of imidazole rings is 1. The maximum atomic E-state index is 9.10. The number of nitrogens with zero attached hydrogens (tertiary/aromatic N) is 4. The molecule has 148 valence electrons. The van der Waals surface area contributed by atoms with Gasteiger partial charge in [0.25, 0.3) is 0 Å². The third kappa shape index (κ3) is 3.92. The van der Waals surface area contributed by atoms with E-state index in [2.05, 4.69) is 26.8 Å². The number of aromatic nitrogens is 4. The van der Waals surface area contributed by atoms with Gasteiger partial charge in [-0.05, 0) is 36.8 Å². The first-order valence-electron chi connectivity index (χ1n) is 9.24. The Morgan fingerprint density at radius 2 is 1.93 bits per heavy atom. The van der Waals surface area contributed by atoms with Crippen LogP contribution < -0.4 is 5.32 Å². The molecular weight excluding hydrogens is 409 g/mol. The summed E-state index contributed by atoms with van der Waals surface area (Å²) in [5, 5.41) is 13.4. The molecule has 0 atom stereocenters. The predicted octanol–water partition coefficient (Wildman–Crippen LogP) is 5.45. The van der Waals surface area contributed by atoms with Crippen LogP contribution in [0.4, 0.5) is 11.5 Å². The molecule has 8 heteroatoms. The number of aliphatic hydroxyl groups excluding tert-OH is 1. The number of nitrogens with one attached hydrogen (secondary N) is 1. The van der Waals surface area contributed by atoms with Gasteiger partial charge in [0.2, 0.25) is 0 Å². The van der Waals surface area contributed by atoms with Crippen LogP contribution in [0.1, 0.15) is 19.0 Å². The molecular formula is C21H19Cl2N5O. The van der Waals surface area contributed by atoms with Crippen molar-refractivity contribution in [3.05, 3.63) is 64.5 Å². The first-order valence-corrected chi connectivity index (χ1v) is 9.99. The number of para-hydroxylation sites is 1. The predicted molar refractivity (Wildman–Crippen MR) is 117 cm³/mol. The summed E-state index contributed by atoms with van der Waals surface area (Å²) in [7, 11) is 0. The molecule has 0 bridgehead atoms. The van der Waals surface area contributed by atoms with Gasteiger partial charge in [-0.15, -0.1) is 0 Å². The lowest BCUT2D eigenvalue weighted by atomic mass is 10.2. The Bertz CT molecular complexity index is 1160. The van der Waals surface area contributed by atoms with E-state index in [1.807, 2.05) is 30.3 Å². The monoisotopic (exact) mass is 427 g/mol. The Morgan fingerprint density at radius 3 is 2.62 bits per heavy atom. The van der Waals surface area contributed by atoms with Crippen LogP contribution in [0, 0.1) is 0 Å². The average Bonchev–Trinajstić information content (AvgIpc) is 3.10. The van der Waals surface area contributed by atoms with Gasteiger partial charge in [0.1, 0.15) is 11.6 Å². The molecule has 0 spiro atoms. The van der Waals surface area contributed by atoms with Crippen molar-refractivity contribution in [1.82, 2.24) is 19.5 Å². The maximum absolute atomic E-state index is 9.10. The van der Waals surface area contributed by atoms with E-state index in [9.17, 15) is 0 Å². The largest absolute Gasteiger partial charge is 0.390 e. The topological polar surface area (TPSA) is 75.9 Å². The second kappa shape index (κ2) is 8.37. The van der Waals surface area contributed by atoms with E-state index in [4.69, 9.17) is 33.3 Å². The van der Waals surface area contributed by atoms with Gasteiger partial charge >= 0.3 is 0 Å². The van der Waals surface area contributed by atoms with Crippen LogP contribution in [-0.4, -0.2) is 24.6 Å². The molecule has 0 saturated carbocycles. The minimum Gasteiger partial charge on any atom is -0.390 e. The maximum Gasteiger partial charge on any atom is 0.149 e. The quantitative estimate of drug-likeness (QED) is 0.427. The van der Waals surface area contributed by atoms with Crippen LogP contribution in [0.15, 0.2) is 48.8 Å². The Hall–Kier alpha value is -2.67. The lowest BCUT2D eigenvalue weighted by Gasteiger charge is -2.11. The molecule has 0 aliphatic rings. The van der Waals surface area contributed by atoms with Gasteiger partial charge in [-0.1, -0.05) is 36.2 Å². The Labute approximate surface area is 178 Å². The molecule has 3 aromatic heterocycles. The lowest BCUT2D eigenvalue weighted by molar-refractivity contribution is 0.277. The van der Waals surface area contributed by atoms with Crippen molar-refractivity contribution in [1.29, 1.82) is 0 Å². The number of aryl methyl sites for hydroxylation is 1. The molecule has 0 aliphatic heterocycles. The van der Waals surface area contributed by atoms with Crippen LogP contribution >= 0.6 is 23.2 Å². The highest BCUT2D eigenvalue weighted by atomic mass is 35.5. The van der Waals surface area contributed by atoms with Crippen molar-refractivity contribution in [2.45, 2.75) is 26.5 Å². The fourth-order valence-corrected chi connectivity index (χ4v) is 3.67. The van der Waals surface area contributed by atoms with E-state index in [1.54, 1.807) is 18.5 Å². The number of pyridine rings is 2. The number of benzene rings is 1. The zero-order chi connectivity index (χ0) is 20.4. The summed E-state index contributed by atoms with van der Waals surface area (Å²) in [6.45, 7) is 2.80. The minimum atomic E-state index is -0.100. The fraction of sp³-hybridized carbons (Fsp3) is 0.190. The van der Waals surface area contributed by atoms with E-state index >= 15 is 0 Å². The Morgan fingerprint density at radius 1 is 1.07 bits per heavy atom. The molecule has 29 heavy (non-hydrogen) atoms. The molecule has 0 unspecified atom stereocenters. The van der Waals surface area contributed by atoms with Gasteiger partial charge in [0.15, 0.2) is 0 Å². The minimum absolute atomic E-state index is 0.100. The highest BCUT2D eigenvalue weighted by Gasteiger charge is 2.16. The molecule has 0 saturated heterocycles. The number of fused-ring (bicyclic) bond motifs is 1. The molecule has 4 rings (SSSR count). The van der Waals surface area contributed by atoms with Gasteiger partial charge in [0.05, 0.1) is 45.3 Å². The number of anilines is 2. The van der Waals surface area contributed by atoms with E-state index in [0.717, 1.165) is 41.1 Å². The normalized spacial score (nSPS) is 11.2. The van der Waals surface area contributed by atoms with E-state index in [0.29, 0.717) is 21.6 Å². The number of hydrogen-bond acceptors (Lipinski definition) is 5. The zero-order valence-electron chi connectivity index (χ0n) is 15.7. The summed E-state index contributed by atoms with van der Waals surface area (Å²) in [5.74, 6) is 1.30. The summed E-state index contributed by atoms with van der Waals surface area (Å²) in [6, 6.07) is 11.1. The fourth-order valence-electron chi connectivity index (χ4n) is 3.18. The van der Waals surface area contributed by atoms with E-state index in [-0.39, 0.29) is 6.61 Å². The first-order chi connectivity index (χ1) is 14.1. The van der Waals surface area contributed by atoms with Crippen LogP contribution in [0.2, 0.25) is 10.0 Å². The van der Waals surface area contributed by atoms with Crippen LogP contribution in [-0.2, 0) is 13.2 Å². The molecule has 3 heterocycles. The molecule has 0 amide bonds. The molecule has 4 aromatic rings. The van der Waals surface area contributed by atoms with E-state index in [1.165, 1.54) is 0 Å². The summed E-state index contributed by atoms with van der Waals surface area (Å²) >= 11 is 12.9. The molecule has 1 aromatic carbocycles. The smallest absolute Gasteiger partial charge is 0.149 e. The summed E-state index contributed by atoms with van der Waals surface area (Å²) in [4.78, 5) is 13.4. The van der Waals surface area contributed by atoms with Crippen molar-refractivity contribution in [3.8, 4) is 11.4 Å². The molecule has 6 nitrogen and oxygen atoms in total. The number of rotatable bonds is 6. The third-order valence-electron chi connectivity index (χ3n) is 4.51. The van der Waals surface area contributed by atoms with Crippen molar-refractivity contribution in [3.63, 3.8) is 0 Å². The number of halogens is 2. The summed E-state index contributed by atoms with van der Waals surface area (Å²) in [5.41, 5.74) is 3.90. The second-order valence-corrected chi connectivity index (χ2v) is 7.38. The van der Waals surface area contributed by atoms with Crippen LogP contribution in [0.25, 0.3) is 22.4 Å². The lowest BCUT2D eigenvalue weighted by Crippen LogP contribution is -2.01. The van der Waals surface area contributed by atoms with Gasteiger partial charge in [0, 0.05) is 18.3 Å². The van der Waals surface area contributed by atoms with Gasteiger partial charge in [-0.2, -0.15) is 0 Å². The highest BCUT2D eigenvalue weighted by molar-refractivity contribution is 6.35. The van der Waals surface area contributed by atoms with Crippen molar-refractivity contribution in [2.75, 3.05) is 5.32 Å². The summed E-state index contributed by atoms with van der Waals surface area (Å²) in [6.07, 6.45) is 4.31. The highest BCUT2D eigenvalue weighted by Crippen LogP contribution is 2.32. The zero-order valence-corrected chi connectivity index (χ0v) is 17.2. The van der Waals surface area contributed by atoms with Crippen LogP contribution in [0.3, 0.4) is 0 Å². The average molecular weight is 428 g/mol. The first kappa shape index (κ1) is 19.6. The third-order valence-corrected chi connectivity index (χ3v) is 5.11. The van der Waals surface area contributed by atoms with Crippen molar-refractivity contribution < 1.29 is 5.11 Å². The molecule has 0 aliphatic carbocycles. The number of hydrogen-bond donors (Lipinski definition) is 2. The SMILES string of the molecule is CCCn1c(-c2cnc(Nc3ccc(CO)nc3)c(Cl)c2)nc2cccc(Cl)c21. The summed E-state index contributed by atoms with van der Waals surface area (Å²) < 4.78 is 2.11. The molecule has 0 radical (unpaired) electrons. The Balaban J connectivity index is 1.70. The van der Waals surface area contributed by atoms with Crippen molar-refractivity contribution in [2.24, 2.45) is 0 Å². The molecule has 0 fully saturated rings. The van der Waals surface area contributed by atoms with Gasteiger partial charge < -0.3 is 15.0 Å². The van der Waals surface area contributed by atoms with Crippen molar-refractivity contribution >= 4 is 45.7 Å². The van der Waals surface area contributed by atoms with Gasteiger partial charge in [-0.3, -0.25) is 4.98 Å². The van der Waals surface area contributed by atoms with Crippen LogP contribution in [0.5, 0.6) is 0 Å². The second-order valence-electron chi connectivity index (χ2n) is 6.57. The van der Waals surface area contributed by atoms with Gasteiger partial charge in [-0.25, -0.2) is 9.97 Å². The van der Waals surface area contributed by atoms with E-state index < -0.39 is 0 Å². The standard InChI is InChI=1S/C21H19Cl2N5O/c1-2-8-28-19-16(22)4-3-5-18(19)27-21(28)13-9-17(23)20(25-10-13)26-14-6-7-15(12-29)24-11-14/h3-7,9-11,29H,2,8,12H2,1H3,(H,25,26). The number of aliphatic hydroxyl groups is 1. The molecule has 2 N–H and O–H groups in total. The Kier molecular flexibility index (Phi) is 5.67.